The van der Waals surface area contributed by atoms with Gasteiger partial charge in [-0.3, -0.25) is 4.98 Å². The largest absolute Gasteiger partial charge is 0.396 e. The summed E-state index contributed by atoms with van der Waals surface area (Å²) in [5, 5.41) is 13.5. The number of nitrogens with zero attached hydrogens (tertiary/aromatic N) is 3. The third-order valence-electron chi connectivity index (χ3n) is 5.58. The Balaban J connectivity index is 1.66. The average Bonchev–Trinajstić information content (AvgIpc) is 3.40. The first kappa shape index (κ1) is 17.5. The molecule has 2 aliphatic rings. The van der Waals surface area contributed by atoms with Crippen molar-refractivity contribution in [3.05, 3.63) is 54.1 Å². The van der Waals surface area contributed by atoms with Gasteiger partial charge in [0.05, 0.1) is 17.8 Å². The van der Waals surface area contributed by atoms with Crippen LogP contribution in [-0.2, 0) is 0 Å². The summed E-state index contributed by atoms with van der Waals surface area (Å²) in [6.07, 6.45) is 12.2. The number of aliphatic hydroxyl groups excluding tert-OH is 1. The second-order valence-corrected chi connectivity index (χ2v) is 7.61. The highest BCUT2D eigenvalue weighted by atomic mass is 32.1. The maximum Gasteiger partial charge on any atom is 0.170 e. The summed E-state index contributed by atoms with van der Waals surface area (Å²) in [5.74, 6) is 0. The molecule has 138 valence electrons. The van der Waals surface area contributed by atoms with Gasteiger partial charge in [0.25, 0.3) is 0 Å². The molecule has 2 fully saturated rings. The summed E-state index contributed by atoms with van der Waals surface area (Å²) in [6.45, 7) is 0.911. The Labute approximate surface area is 160 Å². The molecular weight excluding hydrogens is 344 g/mol. The fourth-order valence-corrected chi connectivity index (χ4v) is 4.62. The van der Waals surface area contributed by atoms with Gasteiger partial charge in [0.2, 0.25) is 0 Å². The molecule has 26 heavy (non-hydrogen) atoms. The van der Waals surface area contributed by atoms with Crippen LogP contribution in [0.1, 0.15) is 61.5 Å². The maximum atomic E-state index is 9.29. The molecule has 2 aromatic rings. The van der Waals surface area contributed by atoms with Crippen LogP contribution in [0.3, 0.4) is 0 Å². The fraction of sp³-hybridized carbons (Fsp3) is 0.500. The number of hydrogen-bond acceptors (Lipinski definition) is 3. The van der Waals surface area contributed by atoms with Gasteiger partial charge < -0.3 is 19.9 Å². The van der Waals surface area contributed by atoms with Crippen molar-refractivity contribution in [1.82, 2.24) is 19.8 Å². The molecule has 1 saturated heterocycles. The lowest BCUT2D eigenvalue weighted by atomic mass is 9.99. The Morgan fingerprint density at radius 2 is 2.08 bits per heavy atom. The van der Waals surface area contributed by atoms with Gasteiger partial charge >= 0.3 is 0 Å². The molecule has 6 heteroatoms. The third kappa shape index (κ3) is 3.35. The summed E-state index contributed by atoms with van der Waals surface area (Å²) in [4.78, 5) is 6.77. The highest BCUT2D eigenvalue weighted by Gasteiger charge is 2.39. The zero-order valence-electron chi connectivity index (χ0n) is 14.9. The van der Waals surface area contributed by atoms with Crippen LogP contribution in [0.2, 0.25) is 0 Å². The molecule has 1 aliphatic carbocycles. The normalized spacial score (nSPS) is 23.6. The van der Waals surface area contributed by atoms with Gasteiger partial charge in [-0.25, -0.2) is 0 Å². The highest BCUT2D eigenvalue weighted by molar-refractivity contribution is 7.80. The van der Waals surface area contributed by atoms with Gasteiger partial charge in [-0.1, -0.05) is 18.9 Å². The van der Waals surface area contributed by atoms with Crippen molar-refractivity contribution in [3.63, 3.8) is 0 Å². The highest BCUT2D eigenvalue weighted by Crippen LogP contribution is 2.39. The van der Waals surface area contributed by atoms with E-state index in [-0.39, 0.29) is 18.7 Å². The zero-order chi connectivity index (χ0) is 17.9. The van der Waals surface area contributed by atoms with Crippen molar-refractivity contribution >= 4 is 17.3 Å². The quantitative estimate of drug-likeness (QED) is 0.764. The van der Waals surface area contributed by atoms with Crippen molar-refractivity contribution in [2.45, 2.75) is 50.2 Å². The molecule has 1 aliphatic heterocycles. The summed E-state index contributed by atoms with van der Waals surface area (Å²) < 4.78 is 2.38. The Morgan fingerprint density at radius 3 is 2.81 bits per heavy atom. The Kier molecular flexibility index (Phi) is 5.22. The van der Waals surface area contributed by atoms with Gasteiger partial charge in [-0.2, -0.15) is 0 Å². The maximum absolute atomic E-state index is 9.29. The van der Waals surface area contributed by atoms with Crippen LogP contribution in [0.5, 0.6) is 0 Å². The molecule has 0 aromatic carbocycles. The van der Waals surface area contributed by atoms with Crippen LogP contribution in [0.15, 0.2) is 42.9 Å². The minimum absolute atomic E-state index is 0.0295. The van der Waals surface area contributed by atoms with Crippen LogP contribution in [0, 0.1) is 0 Å². The van der Waals surface area contributed by atoms with Gasteiger partial charge in [0, 0.05) is 37.8 Å². The minimum Gasteiger partial charge on any atom is -0.396 e. The van der Waals surface area contributed by atoms with Gasteiger partial charge in [-0.15, -0.1) is 0 Å². The predicted octanol–water partition coefficient (Wildman–Crippen LogP) is 3.35. The van der Waals surface area contributed by atoms with Crippen molar-refractivity contribution in [3.8, 4) is 0 Å². The number of pyridine rings is 1. The number of hydrogen-bond donors (Lipinski definition) is 2. The fourth-order valence-electron chi connectivity index (χ4n) is 4.29. The molecule has 2 N–H and O–H groups in total. The van der Waals surface area contributed by atoms with E-state index in [1.54, 1.807) is 0 Å². The molecule has 3 heterocycles. The monoisotopic (exact) mass is 370 g/mol. The molecule has 4 rings (SSSR count). The van der Waals surface area contributed by atoms with Crippen LogP contribution in [0.25, 0.3) is 0 Å². The predicted molar refractivity (Wildman–Crippen MR) is 106 cm³/mol. The standard InChI is InChI=1S/C20H26N4OS/c25-13-5-11-24-19(15-9-12-23(14-15)16-6-1-2-7-16)18(22-20(24)26)17-8-3-4-10-21-17/h3-4,8-10,12,14,16,18-19,25H,1-2,5-7,11,13H2,(H,22,26). The first-order chi connectivity index (χ1) is 12.8. The molecule has 0 radical (unpaired) electrons. The third-order valence-corrected chi connectivity index (χ3v) is 5.93. The van der Waals surface area contributed by atoms with Gasteiger partial charge in [0.15, 0.2) is 5.11 Å². The lowest BCUT2D eigenvalue weighted by Crippen LogP contribution is -2.31. The van der Waals surface area contributed by atoms with E-state index in [2.05, 4.69) is 44.3 Å². The van der Waals surface area contributed by atoms with Crippen LogP contribution >= 0.6 is 12.2 Å². The van der Waals surface area contributed by atoms with E-state index < -0.39 is 0 Å². The zero-order valence-corrected chi connectivity index (χ0v) is 15.7. The first-order valence-corrected chi connectivity index (χ1v) is 9.95. The van der Waals surface area contributed by atoms with Crippen LogP contribution in [-0.4, -0.2) is 37.8 Å². The smallest absolute Gasteiger partial charge is 0.170 e. The van der Waals surface area contributed by atoms with Crippen molar-refractivity contribution < 1.29 is 5.11 Å². The van der Waals surface area contributed by atoms with E-state index in [0.29, 0.717) is 12.5 Å². The molecule has 0 spiro atoms. The lowest BCUT2D eigenvalue weighted by molar-refractivity contribution is 0.247. The van der Waals surface area contributed by atoms with E-state index in [0.717, 1.165) is 17.4 Å². The summed E-state index contributed by atoms with van der Waals surface area (Å²) in [5.41, 5.74) is 2.26. The van der Waals surface area contributed by atoms with Gasteiger partial charge in [-0.05, 0) is 55.2 Å². The molecule has 2 aromatic heterocycles. The number of nitrogens with one attached hydrogen (secondary N) is 1. The van der Waals surface area contributed by atoms with E-state index in [1.165, 1.54) is 31.2 Å². The van der Waals surface area contributed by atoms with Crippen LogP contribution in [0.4, 0.5) is 0 Å². The molecule has 2 unspecified atom stereocenters. The Morgan fingerprint density at radius 1 is 1.23 bits per heavy atom. The molecule has 2 atom stereocenters. The molecule has 1 saturated carbocycles. The summed E-state index contributed by atoms with van der Waals surface area (Å²) in [6, 6.07) is 8.99. The van der Waals surface area contributed by atoms with E-state index in [4.69, 9.17) is 12.2 Å². The minimum atomic E-state index is 0.0295. The average molecular weight is 371 g/mol. The summed E-state index contributed by atoms with van der Waals surface area (Å²) in [7, 11) is 0. The first-order valence-electron chi connectivity index (χ1n) is 9.54. The molecular formula is C20H26N4OS. The molecule has 0 bridgehead atoms. The summed E-state index contributed by atoms with van der Waals surface area (Å²) >= 11 is 5.62. The lowest BCUT2D eigenvalue weighted by Gasteiger charge is -2.27. The second kappa shape index (κ2) is 7.76. The van der Waals surface area contributed by atoms with Crippen molar-refractivity contribution in [1.29, 1.82) is 0 Å². The van der Waals surface area contributed by atoms with Gasteiger partial charge in [0.1, 0.15) is 0 Å². The number of thiocarbonyl (C=S) groups is 1. The second-order valence-electron chi connectivity index (χ2n) is 7.23. The van der Waals surface area contributed by atoms with Crippen molar-refractivity contribution in [2.75, 3.05) is 13.2 Å². The Bertz CT molecular complexity index is 741. The topological polar surface area (TPSA) is 53.3 Å². The van der Waals surface area contributed by atoms with E-state index in [1.807, 2.05) is 18.3 Å². The van der Waals surface area contributed by atoms with E-state index >= 15 is 0 Å². The van der Waals surface area contributed by atoms with Crippen LogP contribution < -0.4 is 5.32 Å². The molecule has 0 amide bonds. The number of aromatic nitrogens is 2. The van der Waals surface area contributed by atoms with E-state index in [9.17, 15) is 5.11 Å². The van der Waals surface area contributed by atoms with Crippen molar-refractivity contribution in [2.24, 2.45) is 0 Å². The SMILES string of the molecule is OCCCN1C(=S)NC(c2ccccn2)C1c1ccn(C2CCCC2)c1. The number of rotatable bonds is 6. The number of aliphatic hydroxyl groups is 1. The Hall–Kier alpha value is -1.92. The molecule has 5 nitrogen and oxygen atoms in total.